The van der Waals surface area contributed by atoms with E-state index in [1.807, 2.05) is 5.32 Å². The Labute approximate surface area is 113 Å². The van der Waals surface area contributed by atoms with Crippen LogP contribution < -0.4 is 10.6 Å². The molecule has 3 amide bonds. The third-order valence-electron chi connectivity index (χ3n) is 2.22. The summed E-state index contributed by atoms with van der Waals surface area (Å²) in [6.07, 6.45) is 0.112. The number of ether oxygens (including phenoxy) is 2. The van der Waals surface area contributed by atoms with Gasteiger partial charge >= 0.3 is 12.0 Å². The van der Waals surface area contributed by atoms with Crippen molar-refractivity contribution in [2.24, 2.45) is 5.92 Å². The zero-order valence-electron chi connectivity index (χ0n) is 11.8. The van der Waals surface area contributed by atoms with Crippen LogP contribution in [0.25, 0.3) is 0 Å². The van der Waals surface area contributed by atoms with Gasteiger partial charge in [-0.15, -0.1) is 0 Å². The first kappa shape index (κ1) is 17.4. The highest BCUT2D eigenvalue weighted by Gasteiger charge is 2.17. The number of hydrogen-bond donors (Lipinski definition) is 2. The van der Waals surface area contributed by atoms with Crippen LogP contribution in [0.15, 0.2) is 0 Å². The molecule has 0 aliphatic carbocycles. The molecule has 110 valence electrons. The van der Waals surface area contributed by atoms with Gasteiger partial charge in [0.2, 0.25) is 0 Å². The molecule has 0 radical (unpaired) electrons. The Morgan fingerprint density at radius 3 is 2.32 bits per heavy atom. The minimum atomic E-state index is -0.730. The molecule has 0 aromatic carbocycles. The SMILES string of the molecule is CNC(=O)NC(=O)COC(=O)C(C)OCCC(C)C. The topological polar surface area (TPSA) is 93.7 Å². The summed E-state index contributed by atoms with van der Waals surface area (Å²) in [6, 6.07) is -0.651. The molecule has 19 heavy (non-hydrogen) atoms. The molecule has 0 fully saturated rings. The number of imide groups is 1. The highest BCUT2D eigenvalue weighted by Crippen LogP contribution is 2.02. The lowest BCUT2D eigenvalue weighted by Crippen LogP contribution is -2.40. The van der Waals surface area contributed by atoms with Gasteiger partial charge < -0.3 is 14.8 Å². The fourth-order valence-electron chi connectivity index (χ4n) is 1.03. The molecule has 2 N–H and O–H groups in total. The Kier molecular flexibility index (Phi) is 8.52. The minimum absolute atomic E-state index is 0.457. The van der Waals surface area contributed by atoms with Crippen LogP contribution in [0.2, 0.25) is 0 Å². The van der Waals surface area contributed by atoms with Gasteiger partial charge in [-0.05, 0) is 19.3 Å². The molecule has 0 aliphatic rings. The molecule has 7 nitrogen and oxygen atoms in total. The molecule has 0 heterocycles. The zero-order valence-corrected chi connectivity index (χ0v) is 11.8. The maximum atomic E-state index is 11.5. The smallest absolute Gasteiger partial charge is 0.335 e. The fourth-order valence-corrected chi connectivity index (χ4v) is 1.03. The molecule has 0 aromatic rings. The minimum Gasteiger partial charge on any atom is -0.454 e. The van der Waals surface area contributed by atoms with E-state index in [2.05, 4.69) is 19.2 Å². The van der Waals surface area contributed by atoms with Crippen LogP contribution in [-0.4, -0.2) is 44.3 Å². The number of rotatable bonds is 7. The van der Waals surface area contributed by atoms with Crippen LogP contribution in [0.4, 0.5) is 4.79 Å². The van der Waals surface area contributed by atoms with Crippen LogP contribution >= 0.6 is 0 Å². The van der Waals surface area contributed by atoms with Crippen molar-refractivity contribution in [1.29, 1.82) is 0 Å². The van der Waals surface area contributed by atoms with Crippen LogP contribution in [0.3, 0.4) is 0 Å². The second kappa shape index (κ2) is 9.32. The Morgan fingerprint density at radius 1 is 1.16 bits per heavy atom. The quantitative estimate of drug-likeness (QED) is 0.657. The maximum Gasteiger partial charge on any atom is 0.335 e. The molecule has 1 atom stereocenters. The van der Waals surface area contributed by atoms with E-state index in [9.17, 15) is 14.4 Å². The van der Waals surface area contributed by atoms with Gasteiger partial charge in [-0.25, -0.2) is 9.59 Å². The predicted molar refractivity (Wildman–Crippen MR) is 68.4 cm³/mol. The third-order valence-corrected chi connectivity index (χ3v) is 2.22. The number of amides is 3. The summed E-state index contributed by atoms with van der Waals surface area (Å²) in [6.45, 7) is 5.60. The van der Waals surface area contributed by atoms with Crippen LogP contribution in [0, 0.1) is 5.92 Å². The summed E-state index contributed by atoms with van der Waals surface area (Å²) in [5, 5.41) is 4.18. The average Bonchev–Trinajstić information content (AvgIpc) is 2.35. The van der Waals surface area contributed by atoms with Crippen molar-refractivity contribution in [3.8, 4) is 0 Å². The number of urea groups is 1. The van der Waals surface area contributed by atoms with E-state index < -0.39 is 30.6 Å². The van der Waals surface area contributed by atoms with Crippen molar-refractivity contribution in [3.05, 3.63) is 0 Å². The monoisotopic (exact) mass is 274 g/mol. The lowest BCUT2D eigenvalue weighted by atomic mass is 10.1. The van der Waals surface area contributed by atoms with Crippen molar-refractivity contribution in [2.45, 2.75) is 33.3 Å². The molecule has 0 saturated heterocycles. The Hall–Kier alpha value is -1.63. The molecule has 1 unspecified atom stereocenters. The molecule has 0 aromatic heterocycles. The van der Waals surface area contributed by atoms with Crippen molar-refractivity contribution < 1.29 is 23.9 Å². The molecule has 0 spiro atoms. The van der Waals surface area contributed by atoms with Gasteiger partial charge in [0.25, 0.3) is 5.91 Å². The molecule has 0 bridgehead atoms. The Morgan fingerprint density at radius 2 is 1.79 bits per heavy atom. The van der Waals surface area contributed by atoms with Gasteiger partial charge in [-0.2, -0.15) is 0 Å². The van der Waals surface area contributed by atoms with E-state index in [-0.39, 0.29) is 0 Å². The first-order valence-corrected chi connectivity index (χ1v) is 6.16. The van der Waals surface area contributed by atoms with E-state index in [1.54, 1.807) is 6.92 Å². The second-order valence-electron chi connectivity index (χ2n) is 4.43. The van der Waals surface area contributed by atoms with Crippen molar-refractivity contribution >= 4 is 17.9 Å². The molecule has 7 heteroatoms. The standard InChI is InChI=1S/C12H22N2O5/c1-8(2)5-6-18-9(3)11(16)19-7-10(15)14-12(17)13-4/h8-9H,5-7H2,1-4H3,(H2,13,14,15,17). The molecular weight excluding hydrogens is 252 g/mol. The van der Waals surface area contributed by atoms with E-state index in [1.165, 1.54) is 7.05 Å². The number of carbonyl (C=O) groups is 3. The average molecular weight is 274 g/mol. The molecule has 0 aliphatic heterocycles. The number of nitrogens with one attached hydrogen (secondary N) is 2. The van der Waals surface area contributed by atoms with E-state index in [0.717, 1.165) is 6.42 Å². The van der Waals surface area contributed by atoms with Gasteiger partial charge in [0.1, 0.15) is 0 Å². The number of carbonyl (C=O) groups excluding carboxylic acids is 3. The van der Waals surface area contributed by atoms with Gasteiger partial charge in [0, 0.05) is 13.7 Å². The number of hydrogen-bond acceptors (Lipinski definition) is 5. The third kappa shape index (κ3) is 9.01. The van der Waals surface area contributed by atoms with E-state index >= 15 is 0 Å². The number of esters is 1. The van der Waals surface area contributed by atoms with Crippen LogP contribution in [0.1, 0.15) is 27.2 Å². The van der Waals surface area contributed by atoms with Crippen molar-refractivity contribution in [3.63, 3.8) is 0 Å². The highest BCUT2D eigenvalue weighted by atomic mass is 16.6. The summed E-state index contributed by atoms with van der Waals surface area (Å²) in [5.41, 5.74) is 0. The molecular formula is C12H22N2O5. The summed E-state index contributed by atoms with van der Waals surface area (Å²) in [4.78, 5) is 33.4. The highest BCUT2D eigenvalue weighted by molar-refractivity contribution is 5.95. The van der Waals surface area contributed by atoms with Gasteiger partial charge in [0.15, 0.2) is 12.7 Å². The maximum absolute atomic E-state index is 11.5. The largest absolute Gasteiger partial charge is 0.454 e. The van der Waals surface area contributed by atoms with E-state index in [4.69, 9.17) is 9.47 Å². The fraction of sp³-hybridized carbons (Fsp3) is 0.750. The zero-order chi connectivity index (χ0) is 14.8. The second-order valence-corrected chi connectivity index (χ2v) is 4.43. The normalized spacial score (nSPS) is 11.8. The van der Waals surface area contributed by atoms with Gasteiger partial charge in [-0.3, -0.25) is 10.1 Å². The van der Waals surface area contributed by atoms with Crippen molar-refractivity contribution in [2.75, 3.05) is 20.3 Å². The lowest BCUT2D eigenvalue weighted by molar-refractivity contribution is -0.159. The first-order chi connectivity index (χ1) is 8.86. The van der Waals surface area contributed by atoms with Crippen LogP contribution in [0.5, 0.6) is 0 Å². The lowest BCUT2D eigenvalue weighted by Gasteiger charge is -2.13. The predicted octanol–water partition coefficient (Wildman–Crippen LogP) is 0.436. The van der Waals surface area contributed by atoms with Crippen molar-refractivity contribution in [1.82, 2.24) is 10.6 Å². The first-order valence-electron chi connectivity index (χ1n) is 6.16. The molecule has 0 saturated carbocycles. The Balaban J connectivity index is 3.84. The summed E-state index contributed by atoms with van der Waals surface area (Å²) in [5.74, 6) is -0.834. The van der Waals surface area contributed by atoms with E-state index in [0.29, 0.717) is 12.5 Å². The summed E-state index contributed by atoms with van der Waals surface area (Å²) < 4.78 is 9.98. The van der Waals surface area contributed by atoms with Crippen LogP contribution in [-0.2, 0) is 19.1 Å². The summed E-state index contributed by atoms with van der Waals surface area (Å²) in [7, 11) is 1.37. The van der Waals surface area contributed by atoms with Gasteiger partial charge in [-0.1, -0.05) is 13.8 Å². The van der Waals surface area contributed by atoms with Gasteiger partial charge in [0.05, 0.1) is 0 Å². The summed E-state index contributed by atoms with van der Waals surface area (Å²) >= 11 is 0. The Bertz CT molecular complexity index is 317. The molecule has 0 rings (SSSR count).